The van der Waals surface area contributed by atoms with Crippen molar-refractivity contribution in [3.05, 3.63) is 89.0 Å². The van der Waals surface area contributed by atoms with Crippen LogP contribution in [0.3, 0.4) is 0 Å². The zero-order valence-corrected chi connectivity index (χ0v) is 18.0. The second-order valence-electron chi connectivity index (χ2n) is 7.46. The summed E-state index contributed by atoms with van der Waals surface area (Å²) in [5.41, 5.74) is 5.88. The van der Waals surface area contributed by atoms with Crippen LogP contribution in [-0.4, -0.2) is 24.1 Å². The molecule has 152 valence electrons. The Hall–Kier alpha value is -3.05. The molecule has 3 aromatic carbocycles. The van der Waals surface area contributed by atoms with Gasteiger partial charge >= 0.3 is 0 Å². The third-order valence-electron chi connectivity index (χ3n) is 5.44. The smallest absolute Gasteiger partial charge is 0.256 e. The predicted molar refractivity (Wildman–Crippen MR) is 124 cm³/mol. The molecule has 0 unspecified atom stereocenters. The Morgan fingerprint density at radius 3 is 2.57 bits per heavy atom. The van der Waals surface area contributed by atoms with E-state index in [2.05, 4.69) is 11.4 Å². The molecule has 4 nitrogen and oxygen atoms in total. The number of aryl methyl sites for hydroxylation is 2. The molecule has 0 aliphatic carbocycles. The van der Waals surface area contributed by atoms with Crippen molar-refractivity contribution < 1.29 is 9.59 Å². The van der Waals surface area contributed by atoms with Crippen LogP contribution in [0.5, 0.6) is 0 Å². The van der Waals surface area contributed by atoms with E-state index in [1.165, 1.54) is 22.9 Å². The highest BCUT2D eigenvalue weighted by Crippen LogP contribution is 2.30. The molecule has 2 amide bonds. The predicted octanol–water partition coefficient (Wildman–Crippen LogP) is 5.24. The number of hydrogen-bond donors (Lipinski definition) is 1. The Labute approximate surface area is 181 Å². The zero-order valence-electron chi connectivity index (χ0n) is 17.1. The highest BCUT2D eigenvalue weighted by atomic mass is 32.2. The molecule has 3 aromatic rings. The van der Waals surface area contributed by atoms with E-state index < -0.39 is 0 Å². The standard InChI is InChI=1S/C25H24N2O2S/c1-17-11-12-20(15-18(17)2)26-25(29)21-8-4-6-10-23(21)30-16-24(28)27-14-13-19-7-3-5-9-22(19)27/h3-12,15H,13-14,16H2,1-2H3,(H,26,29). The first-order valence-electron chi connectivity index (χ1n) is 10.0. The maximum absolute atomic E-state index is 12.9. The van der Waals surface area contributed by atoms with Crippen molar-refractivity contribution in [3.8, 4) is 0 Å². The Morgan fingerprint density at radius 2 is 1.73 bits per heavy atom. The van der Waals surface area contributed by atoms with Crippen molar-refractivity contribution >= 4 is 35.0 Å². The van der Waals surface area contributed by atoms with Crippen LogP contribution in [0.2, 0.25) is 0 Å². The van der Waals surface area contributed by atoms with Crippen molar-refractivity contribution in [1.29, 1.82) is 0 Å². The molecule has 0 radical (unpaired) electrons. The lowest BCUT2D eigenvalue weighted by molar-refractivity contribution is -0.116. The summed E-state index contributed by atoms with van der Waals surface area (Å²) in [6.07, 6.45) is 0.890. The number of rotatable bonds is 5. The van der Waals surface area contributed by atoms with Crippen LogP contribution in [0.4, 0.5) is 11.4 Å². The van der Waals surface area contributed by atoms with Gasteiger partial charge in [-0.3, -0.25) is 9.59 Å². The van der Waals surface area contributed by atoms with E-state index >= 15 is 0 Å². The Morgan fingerprint density at radius 1 is 0.967 bits per heavy atom. The molecule has 0 spiro atoms. The minimum absolute atomic E-state index is 0.0642. The third-order valence-corrected chi connectivity index (χ3v) is 6.49. The van der Waals surface area contributed by atoms with Crippen molar-refractivity contribution in [2.75, 3.05) is 22.5 Å². The number of nitrogens with one attached hydrogen (secondary N) is 1. The second-order valence-corrected chi connectivity index (χ2v) is 8.48. The summed E-state index contributed by atoms with van der Waals surface area (Å²) in [5, 5.41) is 2.97. The van der Waals surface area contributed by atoms with Gasteiger partial charge in [0.15, 0.2) is 0 Å². The topological polar surface area (TPSA) is 49.4 Å². The van der Waals surface area contributed by atoms with Crippen LogP contribution in [0.1, 0.15) is 27.0 Å². The minimum atomic E-state index is -0.166. The van der Waals surface area contributed by atoms with Crippen LogP contribution < -0.4 is 10.2 Å². The molecule has 0 saturated carbocycles. The van der Waals surface area contributed by atoms with Gasteiger partial charge in [0.25, 0.3) is 5.91 Å². The summed E-state index contributed by atoms with van der Waals surface area (Å²) >= 11 is 1.41. The van der Waals surface area contributed by atoms with Gasteiger partial charge in [-0.1, -0.05) is 36.4 Å². The first-order valence-corrected chi connectivity index (χ1v) is 11.0. The van der Waals surface area contributed by atoms with E-state index in [1.54, 1.807) is 6.07 Å². The van der Waals surface area contributed by atoms with Gasteiger partial charge in [0.2, 0.25) is 5.91 Å². The Balaban J connectivity index is 1.45. The van der Waals surface area contributed by atoms with Crippen LogP contribution in [-0.2, 0) is 11.2 Å². The second kappa shape index (κ2) is 8.76. The third kappa shape index (κ3) is 4.26. The first-order chi connectivity index (χ1) is 14.5. The molecular weight excluding hydrogens is 392 g/mol. The van der Waals surface area contributed by atoms with Crippen molar-refractivity contribution in [3.63, 3.8) is 0 Å². The molecule has 0 bridgehead atoms. The van der Waals surface area contributed by atoms with Gasteiger partial charge < -0.3 is 10.2 Å². The average Bonchev–Trinajstić information content (AvgIpc) is 3.19. The fourth-order valence-corrected chi connectivity index (χ4v) is 4.54. The Bertz CT molecular complexity index is 1110. The molecule has 0 saturated heterocycles. The van der Waals surface area contributed by atoms with E-state index in [4.69, 9.17) is 0 Å². The number of anilines is 2. The molecule has 1 aliphatic heterocycles. The van der Waals surface area contributed by atoms with Crippen LogP contribution in [0, 0.1) is 13.8 Å². The summed E-state index contributed by atoms with van der Waals surface area (Å²) in [6, 6.07) is 21.3. The van der Waals surface area contributed by atoms with Gasteiger partial charge in [0, 0.05) is 22.8 Å². The first kappa shape index (κ1) is 20.2. The van der Waals surface area contributed by atoms with E-state index in [-0.39, 0.29) is 11.8 Å². The van der Waals surface area contributed by atoms with Gasteiger partial charge in [-0.2, -0.15) is 0 Å². The number of para-hydroxylation sites is 1. The number of benzene rings is 3. The lowest BCUT2D eigenvalue weighted by Gasteiger charge is -2.17. The molecule has 30 heavy (non-hydrogen) atoms. The van der Waals surface area contributed by atoms with Gasteiger partial charge in [-0.25, -0.2) is 0 Å². The molecular formula is C25H24N2O2S. The Kier molecular flexibility index (Phi) is 5.91. The number of carbonyl (C=O) groups excluding carboxylic acids is 2. The highest BCUT2D eigenvalue weighted by molar-refractivity contribution is 8.00. The number of carbonyl (C=O) groups is 2. The molecule has 5 heteroatoms. The highest BCUT2D eigenvalue weighted by Gasteiger charge is 2.24. The van der Waals surface area contributed by atoms with Crippen molar-refractivity contribution in [2.45, 2.75) is 25.2 Å². The number of nitrogens with zero attached hydrogens (tertiary/aromatic N) is 1. The fraction of sp³-hybridized carbons (Fsp3) is 0.200. The monoisotopic (exact) mass is 416 g/mol. The fourth-order valence-electron chi connectivity index (χ4n) is 3.61. The van der Waals surface area contributed by atoms with Crippen molar-refractivity contribution in [2.24, 2.45) is 0 Å². The average molecular weight is 417 g/mol. The number of hydrogen-bond acceptors (Lipinski definition) is 3. The van der Waals surface area contributed by atoms with Gasteiger partial charge in [-0.05, 0) is 67.3 Å². The van der Waals surface area contributed by atoms with Crippen LogP contribution in [0.25, 0.3) is 0 Å². The number of thioether (sulfide) groups is 1. The minimum Gasteiger partial charge on any atom is -0.322 e. The van der Waals surface area contributed by atoms with Gasteiger partial charge in [0.1, 0.15) is 0 Å². The quantitative estimate of drug-likeness (QED) is 0.579. The maximum Gasteiger partial charge on any atom is 0.256 e. The number of fused-ring (bicyclic) bond motifs is 1. The lowest BCUT2D eigenvalue weighted by atomic mass is 10.1. The van der Waals surface area contributed by atoms with Gasteiger partial charge in [0.05, 0.1) is 11.3 Å². The van der Waals surface area contributed by atoms with Gasteiger partial charge in [-0.15, -0.1) is 11.8 Å². The van der Waals surface area contributed by atoms with E-state index in [0.29, 0.717) is 17.9 Å². The summed E-state index contributed by atoms with van der Waals surface area (Å²) in [6.45, 7) is 4.78. The normalized spacial score (nSPS) is 12.5. The van der Waals surface area contributed by atoms with E-state index in [9.17, 15) is 9.59 Å². The zero-order chi connectivity index (χ0) is 21.1. The molecule has 4 rings (SSSR count). The van der Waals surface area contributed by atoms with E-state index in [1.807, 2.05) is 73.3 Å². The molecule has 0 fully saturated rings. The number of amides is 2. The summed E-state index contributed by atoms with van der Waals surface area (Å²) in [5.74, 6) is 0.192. The molecule has 0 atom stereocenters. The molecule has 1 aliphatic rings. The summed E-state index contributed by atoms with van der Waals surface area (Å²) in [7, 11) is 0. The van der Waals surface area contributed by atoms with Crippen molar-refractivity contribution in [1.82, 2.24) is 0 Å². The van der Waals surface area contributed by atoms with E-state index in [0.717, 1.165) is 28.3 Å². The molecule has 1 heterocycles. The summed E-state index contributed by atoms with van der Waals surface area (Å²) < 4.78 is 0. The summed E-state index contributed by atoms with van der Waals surface area (Å²) in [4.78, 5) is 28.4. The van der Waals surface area contributed by atoms with Crippen LogP contribution >= 0.6 is 11.8 Å². The lowest BCUT2D eigenvalue weighted by Crippen LogP contribution is -2.30. The molecule has 0 aromatic heterocycles. The SMILES string of the molecule is Cc1ccc(NC(=O)c2ccccc2SCC(=O)N2CCc3ccccc32)cc1C. The molecule has 1 N–H and O–H groups in total. The largest absolute Gasteiger partial charge is 0.322 e. The van der Waals surface area contributed by atoms with Crippen LogP contribution in [0.15, 0.2) is 71.6 Å². The maximum atomic E-state index is 12.9.